The van der Waals surface area contributed by atoms with Crippen LogP contribution in [0.4, 0.5) is 0 Å². The highest BCUT2D eigenvalue weighted by Crippen LogP contribution is 2.40. The van der Waals surface area contributed by atoms with Crippen molar-refractivity contribution < 1.29 is 4.74 Å². The van der Waals surface area contributed by atoms with Gasteiger partial charge in [-0.05, 0) is 51.8 Å². The zero-order valence-corrected chi connectivity index (χ0v) is 16.6. The van der Waals surface area contributed by atoms with Gasteiger partial charge in [-0.15, -0.1) is 0 Å². The van der Waals surface area contributed by atoms with E-state index in [0.717, 1.165) is 25.1 Å². The minimum Gasteiger partial charge on any atom is -0.496 e. The smallest absolute Gasteiger partial charge is 0.122 e. The van der Waals surface area contributed by atoms with Gasteiger partial charge in [0.2, 0.25) is 0 Å². The van der Waals surface area contributed by atoms with Crippen LogP contribution in [0, 0.1) is 6.92 Å². The predicted octanol–water partition coefficient (Wildman–Crippen LogP) is 5.48. The van der Waals surface area contributed by atoms with Crippen molar-refractivity contribution in [1.82, 2.24) is 5.32 Å². The first-order valence-corrected chi connectivity index (χ1v) is 9.28. The Morgan fingerprint density at radius 2 is 1.68 bits per heavy atom. The van der Waals surface area contributed by atoms with Gasteiger partial charge in [-0.1, -0.05) is 61.9 Å². The van der Waals surface area contributed by atoms with E-state index in [1.807, 2.05) is 0 Å². The van der Waals surface area contributed by atoms with E-state index in [2.05, 4.69) is 88.5 Å². The standard InChI is InChI=1S/C23H33NO/c1-7-22(3,4)24-16-15-23(5,19-11-9-8-10-12-19)20-17-18(2)13-14-21(20)25-6/h8-14,17,24H,7,15-16H2,1-6H3. The molecule has 0 bridgehead atoms. The lowest BCUT2D eigenvalue weighted by molar-refractivity contribution is 0.347. The number of hydrogen-bond acceptors (Lipinski definition) is 2. The molecule has 1 N–H and O–H groups in total. The second-order valence-electron chi connectivity index (χ2n) is 7.82. The molecule has 0 aromatic heterocycles. The third-order valence-electron chi connectivity index (χ3n) is 5.47. The first-order chi connectivity index (χ1) is 11.8. The lowest BCUT2D eigenvalue weighted by Gasteiger charge is -2.34. The van der Waals surface area contributed by atoms with E-state index in [-0.39, 0.29) is 11.0 Å². The summed E-state index contributed by atoms with van der Waals surface area (Å²) in [5.41, 5.74) is 3.91. The van der Waals surface area contributed by atoms with Gasteiger partial charge in [-0.25, -0.2) is 0 Å². The van der Waals surface area contributed by atoms with E-state index < -0.39 is 0 Å². The minimum atomic E-state index is -0.102. The molecule has 0 aliphatic heterocycles. The Balaban J connectivity index is 2.42. The molecule has 0 heterocycles. The van der Waals surface area contributed by atoms with Gasteiger partial charge in [0.25, 0.3) is 0 Å². The monoisotopic (exact) mass is 339 g/mol. The second-order valence-corrected chi connectivity index (χ2v) is 7.82. The van der Waals surface area contributed by atoms with E-state index in [0.29, 0.717) is 0 Å². The number of methoxy groups -OCH3 is 1. The largest absolute Gasteiger partial charge is 0.496 e. The maximum Gasteiger partial charge on any atom is 0.122 e. The van der Waals surface area contributed by atoms with E-state index >= 15 is 0 Å². The molecule has 0 radical (unpaired) electrons. The topological polar surface area (TPSA) is 21.3 Å². The fourth-order valence-corrected chi connectivity index (χ4v) is 3.27. The molecule has 2 nitrogen and oxygen atoms in total. The number of rotatable bonds is 8. The van der Waals surface area contributed by atoms with E-state index in [1.54, 1.807) is 7.11 Å². The summed E-state index contributed by atoms with van der Waals surface area (Å²) in [6.45, 7) is 12.2. The Bertz CT molecular complexity index is 678. The third kappa shape index (κ3) is 4.64. The molecule has 2 aromatic rings. The predicted molar refractivity (Wildman–Crippen MR) is 108 cm³/mol. The number of nitrogens with one attached hydrogen (secondary N) is 1. The lowest BCUT2D eigenvalue weighted by Crippen LogP contribution is -2.41. The van der Waals surface area contributed by atoms with Crippen LogP contribution in [0.15, 0.2) is 48.5 Å². The van der Waals surface area contributed by atoms with Gasteiger partial charge in [-0.3, -0.25) is 0 Å². The summed E-state index contributed by atoms with van der Waals surface area (Å²) in [4.78, 5) is 0. The molecule has 0 aliphatic carbocycles. The molecule has 1 atom stereocenters. The van der Waals surface area contributed by atoms with Gasteiger partial charge in [0.1, 0.15) is 5.75 Å². The highest BCUT2D eigenvalue weighted by Gasteiger charge is 2.32. The van der Waals surface area contributed by atoms with E-state index in [9.17, 15) is 0 Å². The normalized spacial score (nSPS) is 14.2. The van der Waals surface area contributed by atoms with Crippen LogP contribution in [0.3, 0.4) is 0 Å². The molecule has 0 saturated heterocycles. The molecule has 0 amide bonds. The van der Waals surface area contributed by atoms with Crippen molar-refractivity contribution in [1.29, 1.82) is 0 Å². The quantitative estimate of drug-likeness (QED) is 0.688. The Morgan fingerprint density at radius 3 is 2.28 bits per heavy atom. The summed E-state index contributed by atoms with van der Waals surface area (Å²) in [5, 5.41) is 3.72. The Labute approximate surface area is 153 Å². The first kappa shape index (κ1) is 19.5. The molecule has 0 fully saturated rings. The molecule has 0 spiro atoms. The zero-order chi connectivity index (χ0) is 18.5. The molecular formula is C23H33NO. The van der Waals surface area contributed by atoms with Crippen molar-refractivity contribution in [3.63, 3.8) is 0 Å². The van der Waals surface area contributed by atoms with Gasteiger partial charge >= 0.3 is 0 Å². The van der Waals surface area contributed by atoms with Crippen LogP contribution >= 0.6 is 0 Å². The fourth-order valence-electron chi connectivity index (χ4n) is 3.27. The highest BCUT2D eigenvalue weighted by molar-refractivity contribution is 5.48. The Kier molecular flexibility index (Phi) is 6.29. The van der Waals surface area contributed by atoms with Gasteiger partial charge in [0.15, 0.2) is 0 Å². The Hall–Kier alpha value is -1.80. The molecule has 0 saturated carbocycles. The molecule has 1 unspecified atom stereocenters. The van der Waals surface area contributed by atoms with Crippen LogP contribution in [0.25, 0.3) is 0 Å². The van der Waals surface area contributed by atoms with Crippen LogP contribution in [0.2, 0.25) is 0 Å². The van der Waals surface area contributed by atoms with Crippen molar-refractivity contribution in [3.8, 4) is 5.75 Å². The van der Waals surface area contributed by atoms with Crippen LogP contribution in [-0.2, 0) is 5.41 Å². The highest BCUT2D eigenvalue weighted by atomic mass is 16.5. The summed E-state index contributed by atoms with van der Waals surface area (Å²) >= 11 is 0. The van der Waals surface area contributed by atoms with Crippen molar-refractivity contribution >= 4 is 0 Å². The summed E-state index contributed by atoms with van der Waals surface area (Å²) in [6.07, 6.45) is 2.13. The summed E-state index contributed by atoms with van der Waals surface area (Å²) in [5.74, 6) is 0.965. The minimum absolute atomic E-state index is 0.102. The molecule has 25 heavy (non-hydrogen) atoms. The van der Waals surface area contributed by atoms with Crippen molar-refractivity contribution in [3.05, 3.63) is 65.2 Å². The summed E-state index contributed by atoms with van der Waals surface area (Å²) in [7, 11) is 1.76. The second kappa shape index (κ2) is 8.05. The summed E-state index contributed by atoms with van der Waals surface area (Å²) < 4.78 is 5.72. The number of aryl methyl sites for hydroxylation is 1. The maximum atomic E-state index is 5.72. The maximum absolute atomic E-state index is 5.72. The van der Waals surface area contributed by atoms with E-state index in [1.165, 1.54) is 16.7 Å². The van der Waals surface area contributed by atoms with Crippen molar-refractivity contribution in [2.75, 3.05) is 13.7 Å². The fraction of sp³-hybridized carbons (Fsp3) is 0.478. The van der Waals surface area contributed by atoms with Crippen LogP contribution in [0.1, 0.15) is 57.2 Å². The molecular weight excluding hydrogens is 306 g/mol. The Morgan fingerprint density at radius 1 is 1.00 bits per heavy atom. The van der Waals surface area contributed by atoms with E-state index in [4.69, 9.17) is 4.74 Å². The van der Waals surface area contributed by atoms with Crippen LogP contribution in [-0.4, -0.2) is 19.2 Å². The van der Waals surface area contributed by atoms with Gasteiger partial charge in [-0.2, -0.15) is 0 Å². The molecule has 2 heteroatoms. The molecule has 0 aliphatic rings. The molecule has 136 valence electrons. The van der Waals surface area contributed by atoms with Crippen molar-refractivity contribution in [2.45, 2.75) is 58.4 Å². The van der Waals surface area contributed by atoms with Crippen LogP contribution in [0.5, 0.6) is 5.75 Å². The number of benzene rings is 2. The SMILES string of the molecule is CCC(C)(C)NCCC(C)(c1ccccc1)c1cc(C)ccc1OC. The van der Waals surface area contributed by atoms with Gasteiger partial charge < -0.3 is 10.1 Å². The summed E-state index contributed by atoms with van der Waals surface area (Å²) in [6, 6.07) is 17.3. The third-order valence-corrected chi connectivity index (χ3v) is 5.47. The molecule has 2 aromatic carbocycles. The number of hydrogen-bond donors (Lipinski definition) is 1. The zero-order valence-electron chi connectivity index (χ0n) is 16.6. The van der Waals surface area contributed by atoms with Gasteiger partial charge in [0.05, 0.1) is 7.11 Å². The average molecular weight is 340 g/mol. The average Bonchev–Trinajstić information content (AvgIpc) is 2.62. The lowest BCUT2D eigenvalue weighted by atomic mass is 9.73. The van der Waals surface area contributed by atoms with Crippen molar-refractivity contribution in [2.24, 2.45) is 0 Å². The van der Waals surface area contributed by atoms with Gasteiger partial charge in [0, 0.05) is 16.5 Å². The van der Waals surface area contributed by atoms with Crippen LogP contribution < -0.4 is 10.1 Å². The first-order valence-electron chi connectivity index (χ1n) is 9.28. The molecule has 2 rings (SSSR count). The number of ether oxygens (including phenoxy) is 1.